The maximum absolute atomic E-state index is 5.63. The third kappa shape index (κ3) is 8.07. The first-order chi connectivity index (χ1) is 22.6. The maximum Gasteiger partial charge on any atom is 0.148 e. The first-order valence-electron chi connectivity index (χ1n) is 16.7. The summed E-state index contributed by atoms with van der Waals surface area (Å²) in [5.41, 5.74) is 8.52. The Morgan fingerprint density at radius 2 is 0.957 bits per heavy atom. The largest absolute Gasteiger partial charge is 0.481 e. The molecule has 0 aliphatic rings. The fraction of sp³-hybridized carbons (Fsp3) is 0.333. The summed E-state index contributed by atoms with van der Waals surface area (Å²) in [4.78, 5) is 10.7. The van der Waals surface area contributed by atoms with Crippen molar-refractivity contribution in [3.63, 3.8) is 0 Å². The van der Waals surface area contributed by atoms with E-state index in [1.54, 1.807) is 0 Å². The van der Waals surface area contributed by atoms with Gasteiger partial charge in [-0.25, -0.2) is 9.97 Å². The third-order valence-electron chi connectivity index (χ3n) is 8.47. The molecule has 0 atom stereocenters. The molecule has 0 fully saturated rings. The van der Waals surface area contributed by atoms with Crippen molar-refractivity contribution >= 4 is 21.8 Å². The van der Waals surface area contributed by atoms with Crippen molar-refractivity contribution in [1.29, 1.82) is 0 Å². The number of hydrogen-bond acceptors (Lipinski definition) is 4. The zero-order valence-corrected chi connectivity index (χ0v) is 27.3. The maximum atomic E-state index is 5.63. The molecule has 0 N–H and O–H groups in total. The first-order valence-corrected chi connectivity index (χ1v) is 16.7. The number of terminal acetylenes is 2. The molecule has 0 aliphatic carbocycles. The van der Waals surface area contributed by atoms with Crippen molar-refractivity contribution in [2.24, 2.45) is 0 Å². The minimum absolute atomic E-state index is 0.247. The minimum Gasteiger partial charge on any atom is -0.481 e. The van der Waals surface area contributed by atoms with Gasteiger partial charge in [0.15, 0.2) is 0 Å². The van der Waals surface area contributed by atoms with Gasteiger partial charge in [-0.2, -0.15) is 0 Å². The van der Waals surface area contributed by atoms with Crippen LogP contribution in [0.3, 0.4) is 0 Å². The summed E-state index contributed by atoms with van der Waals surface area (Å²) in [5, 5.41) is 2.36. The van der Waals surface area contributed by atoms with Crippen LogP contribution in [0.15, 0.2) is 72.8 Å². The minimum atomic E-state index is 0.247. The fourth-order valence-electron chi connectivity index (χ4n) is 6.00. The van der Waals surface area contributed by atoms with E-state index in [0.717, 1.165) is 70.7 Å². The zero-order chi connectivity index (χ0) is 32.1. The summed E-state index contributed by atoms with van der Waals surface area (Å²) >= 11 is 0. The van der Waals surface area contributed by atoms with Crippen molar-refractivity contribution in [3.05, 3.63) is 83.9 Å². The van der Waals surface area contributed by atoms with Gasteiger partial charge in [0.25, 0.3) is 0 Å². The van der Waals surface area contributed by atoms with Gasteiger partial charge < -0.3 is 9.47 Å². The van der Waals surface area contributed by atoms with E-state index in [1.807, 2.05) is 24.3 Å². The number of pyridine rings is 2. The van der Waals surface area contributed by atoms with Crippen LogP contribution in [-0.2, 0) is 12.8 Å². The van der Waals surface area contributed by atoms with E-state index >= 15 is 0 Å². The number of nitrogens with zero attached hydrogens (tertiary/aromatic N) is 2. The monoisotopic (exact) mass is 608 g/mol. The van der Waals surface area contributed by atoms with Crippen LogP contribution in [0.2, 0.25) is 0 Å². The van der Waals surface area contributed by atoms with Gasteiger partial charge in [-0.15, -0.1) is 12.8 Å². The van der Waals surface area contributed by atoms with Crippen molar-refractivity contribution in [2.45, 2.75) is 78.1 Å². The first kappa shape index (κ1) is 32.6. The summed E-state index contributed by atoms with van der Waals surface area (Å²) < 4.78 is 11.3. The molecule has 5 rings (SSSR count). The molecule has 4 nitrogen and oxygen atoms in total. The van der Waals surface area contributed by atoms with Gasteiger partial charge in [-0.3, -0.25) is 0 Å². The fourth-order valence-corrected chi connectivity index (χ4v) is 6.00. The molecular formula is C42H44N2O2. The average Bonchev–Trinajstić information content (AvgIpc) is 3.10. The molecule has 0 bridgehead atoms. The highest BCUT2D eigenvalue weighted by atomic mass is 16.5. The van der Waals surface area contributed by atoms with E-state index in [0.29, 0.717) is 0 Å². The number of hydrogen-bond donors (Lipinski definition) is 0. The van der Waals surface area contributed by atoms with Gasteiger partial charge in [0.05, 0.1) is 22.4 Å². The second-order valence-corrected chi connectivity index (χ2v) is 11.8. The zero-order valence-electron chi connectivity index (χ0n) is 27.3. The molecule has 0 saturated heterocycles. The molecule has 5 aromatic rings. The molecule has 0 amide bonds. The lowest BCUT2D eigenvalue weighted by molar-refractivity contribution is 0.370. The normalized spacial score (nSPS) is 11.0. The molecule has 2 heterocycles. The molecule has 0 saturated carbocycles. The molecular weight excluding hydrogens is 564 g/mol. The molecule has 234 valence electrons. The molecule has 0 aliphatic heterocycles. The van der Waals surface area contributed by atoms with Crippen LogP contribution in [0.5, 0.6) is 11.5 Å². The number of rotatable bonds is 16. The molecule has 0 unspecified atom stereocenters. The SMILES string of the molecule is C#CCOc1ccc(-c2cc(CCCCCC)c3ccc4c(CCCCCC)cc(-c5ccc(OCC#C)cc5)nc4c3n2)cc1. The summed E-state index contributed by atoms with van der Waals surface area (Å²) in [7, 11) is 0. The van der Waals surface area contributed by atoms with E-state index in [1.165, 1.54) is 60.4 Å². The summed E-state index contributed by atoms with van der Waals surface area (Å²) in [5.74, 6) is 6.57. The van der Waals surface area contributed by atoms with E-state index in [9.17, 15) is 0 Å². The lowest BCUT2D eigenvalue weighted by Gasteiger charge is -2.15. The molecule has 3 aromatic carbocycles. The van der Waals surface area contributed by atoms with Crippen molar-refractivity contribution in [2.75, 3.05) is 13.2 Å². The van der Waals surface area contributed by atoms with Crippen molar-refractivity contribution < 1.29 is 9.47 Å². The Bertz CT molecular complexity index is 1690. The second kappa shape index (κ2) is 16.5. The number of ether oxygens (including phenoxy) is 2. The Morgan fingerprint density at radius 3 is 1.33 bits per heavy atom. The molecule has 0 radical (unpaired) electrons. The van der Waals surface area contributed by atoms with E-state index in [2.05, 4.69) is 74.2 Å². The van der Waals surface area contributed by atoms with Crippen LogP contribution < -0.4 is 9.47 Å². The number of fused-ring (bicyclic) bond motifs is 3. The number of aryl methyl sites for hydroxylation is 2. The highest BCUT2D eigenvalue weighted by molar-refractivity contribution is 6.06. The summed E-state index contributed by atoms with van der Waals surface area (Å²) in [6, 6.07) is 25.2. The summed E-state index contributed by atoms with van der Waals surface area (Å²) in [6.07, 6.45) is 22.4. The number of aromatic nitrogens is 2. The molecule has 0 spiro atoms. The quantitative estimate of drug-likeness (QED) is 0.0635. The Morgan fingerprint density at radius 1 is 0.543 bits per heavy atom. The Kier molecular flexibility index (Phi) is 11.7. The van der Waals surface area contributed by atoms with Gasteiger partial charge >= 0.3 is 0 Å². The predicted molar refractivity (Wildman–Crippen MR) is 192 cm³/mol. The van der Waals surface area contributed by atoms with Crippen LogP contribution in [0, 0.1) is 24.7 Å². The van der Waals surface area contributed by atoms with Gasteiger partial charge in [0, 0.05) is 21.9 Å². The number of unbranched alkanes of at least 4 members (excludes halogenated alkanes) is 6. The van der Waals surface area contributed by atoms with Gasteiger partial charge in [0.1, 0.15) is 24.7 Å². The van der Waals surface area contributed by atoms with Crippen LogP contribution in [0.1, 0.15) is 76.3 Å². The van der Waals surface area contributed by atoms with Crippen LogP contribution in [0.25, 0.3) is 44.3 Å². The molecule has 4 heteroatoms. The van der Waals surface area contributed by atoms with Crippen molar-refractivity contribution in [1.82, 2.24) is 9.97 Å². The van der Waals surface area contributed by atoms with Crippen LogP contribution in [-0.4, -0.2) is 23.2 Å². The predicted octanol–water partition coefficient (Wildman–Crippen LogP) is 10.4. The van der Waals surface area contributed by atoms with E-state index < -0.39 is 0 Å². The Labute approximate surface area is 274 Å². The Hall–Kier alpha value is -4.80. The second-order valence-electron chi connectivity index (χ2n) is 11.8. The van der Waals surface area contributed by atoms with Gasteiger partial charge in [-0.1, -0.05) is 76.3 Å². The lowest BCUT2D eigenvalue weighted by Crippen LogP contribution is -1.99. The van der Waals surface area contributed by atoms with Gasteiger partial charge in [-0.05, 0) is 97.5 Å². The highest BCUT2D eigenvalue weighted by Gasteiger charge is 2.16. The standard InChI is InChI=1S/C42H44N2O2/c1-5-9-11-13-15-33-29-39(31-17-21-35(22-18-31)45-27-7-3)43-41-37(33)25-26-38-34(16-14-12-10-6-2)30-40(44-42(38)41)32-19-23-36(24-20-32)46-28-8-4/h3-4,17-26,29-30H,5-6,9-16,27-28H2,1-2H3. The number of benzene rings is 3. The van der Waals surface area contributed by atoms with Crippen LogP contribution >= 0.6 is 0 Å². The Balaban J connectivity index is 1.66. The van der Waals surface area contributed by atoms with Crippen LogP contribution in [0.4, 0.5) is 0 Å². The topological polar surface area (TPSA) is 44.2 Å². The van der Waals surface area contributed by atoms with E-state index in [-0.39, 0.29) is 13.2 Å². The smallest absolute Gasteiger partial charge is 0.148 e. The van der Waals surface area contributed by atoms with Gasteiger partial charge in [0.2, 0.25) is 0 Å². The van der Waals surface area contributed by atoms with E-state index in [4.69, 9.17) is 32.3 Å². The van der Waals surface area contributed by atoms with Crippen molar-refractivity contribution in [3.8, 4) is 58.7 Å². The molecule has 2 aromatic heterocycles. The summed E-state index contributed by atoms with van der Waals surface area (Å²) in [6.45, 7) is 5.00. The molecule has 46 heavy (non-hydrogen) atoms. The highest BCUT2D eigenvalue weighted by Crippen LogP contribution is 2.35. The average molecular weight is 609 g/mol. The third-order valence-corrected chi connectivity index (χ3v) is 8.47. The lowest BCUT2D eigenvalue weighted by atomic mass is 9.95.